The third kappa shape index (κ3) is 5.38. The third-order valence-corrected chi connectivity index (χ3v) is 5.32. The molecule has 2 fully saturated rings. The summed E-state index contributed by atoms with van der Waals surface area (Å²) in [7, 11) is 0. The van der Waals surface area contributed by atoms with Crippen molar-refractivity contribution in [1.29, 1.82) is 0 Å². The Morgan fingerprint density at radius 2 is 1.97 bits per heavy atom. The molecule has 172 valence electrons. The second-order valence-corrected chi connectivity index (χ2v) is 7.38. The monoisotopic (exact) mass is 466 g/mol. The van der Waals surface area contributed by atoms with Crippen molar-refractivity contribution in [2.75, 3.05) is 39.3 Å². The van der Waals surface area contributed by atoms with Crippen LogP contribution in [0, 0.1) is 5.82 Å². The Hall–Kier alpha value is -3.11. The van der Waals surface area contributed by atoms with Gasteiger partial charge in [-0.1, -0.05) is 0 Å². The van der Waals surface area contributed by atoms with Gasteiger partial charge >= 0.3 is 6.03 Å². The zero-order chi connectivity index (χ0) is 21.8. The predicted octanol–water partition coefficient (Wildman–Crippen LogP) is 1.48. The molecule has 11 heteroatoms. The van der Waals surface area contributed by atoms with E-state index in [1.807, 2.05) is 4.90 Å². The molecule has 0 radical (unpaired) electrons. The van der Waals surface area contributed by atoms with Crippen molar-refractivity contribution < 1.29 is 27.9 Å². The first-order valence-electron chi connectivity index (χ1n) is 10.0. The summed E-state index contributed by atoms with van der Waals surface area (Å²) in [5.74, 6) is 0.0270. The van der Waals surface area contributed by atoms with Crippen LogP contribution < -0.4 is 10.1 Å². The lowest BCUT2D eigenvalue weighted by Crippen LogP contribution is -2.53. The summed E-state index contributed by atoms with van der Waals surface area (Å²) in [4.78, 5) is 42.1. The van der Waals surface area contributed by atoms with Gasteiger partial charge in [-0.3, -0.25) is 19.4 Å². The number of urea groups is 1. The molecule has 4 rings (SSSR count). The molecule has 3 heterocycles. The van der Waals surface area contributed by atoms with Crippen molar-refractivity contribution in [3.63, 3.8) is 0 Å². The summed E-state index contributed by atoms with van der Waals surface area (Å²) in [5, 5.41) is 2.64. The maximum absolute atomic E-state index is 12.9. The number of carbonyl (C=O) groups is 3. The normalized spacial score (nSPS) is 18.3. The summed E-state index contributed by atoms with van der Waals surface area (Å²) < 4.78 is 23.7. The van der Waals surface area contributed by atoms with E-state index in [-0.39, 0.29) is 37.2 Å². The summed E-state index contributed by atoms with van der Waals surface area (Å²) in [6.45, 7) is 2.18. The van der Waals surface area contributed by atoms with Crippen LogP contribution in [0.2, 0.25) is 0 Å². The minimum atomic E-state index is -0.607. The predicted molar refractivity (Wildman–Crippen MR) is 114 cm³/mol. The standard InChI is InChI=1S/C21H23FN4O5.ClH/c22-15-3-5-16(6-4-15)31-11-9-24-7-8-25-18(13-24)20(28)26(21(25)29)14-19(27)23-12-17-2-1-10-30-17;/h1-6,10,18H,7-9,11-14H2,(H,23,27);1H. The number of nitrogens with zero attached hydrogens (tertiary/aromatic N) is 3. The van der Waals surface area contributed by atoms with Crippen LogP contribution in [0.4, 0.5) is 9.18 Å². The van der Waals surface area contributed by atoms with Gasteiger partial charge in [0.05, 0.1) is 12.8 Å². The number of amides is 4. The molecule has 1 aromatic carbocycles. The summed E-state index contributed by atoms with van der Waals surface area (Å²) in [5.41, 5.74) is 0. The van der Waals surface area contributed by atoms with E-state index in [9.17, 15) is 18.8 Å². The van der Waals surface area contributed by atoms with Crippen molar-refractivity contribution >= 4 is 30.3 Å². The molecule has 32 heavy (non-hydrogen) atoms. The molecule has 0 bridgehead atoms. The average molecular weight is 467 g/mol. The Labute approximate surface area is 190 Å². The largest absolute Gasteiger partial charge is 0.492 e. The van der Waals surface area contributed by atoms with Gasteiger partial charge in [0.2, 0.25) is 5.91 Å². The highest BCUT2D eigenvalue weighted by Crippen LogP contribution is 2.22. The number of imide groups is 1. The van der Waals surface area contributed by atoms with Gasteiger partial charge in [0.1, 0.15) is 36.5 Å². The number of hydrogen-bond acceptors (Lipinski definition) is 6. The lowest BCUT2D eigenvalue weighted by molar-refractivity contribution is -0.133. The van der Waals surface area contributed by atoms with Crippen LogP contribution >= 0.6 is 12.4 Å². The van der Waals surface area contributed by atoms with E-state index in [1.165, 1.54) is 23.3 Å². The van der Waals surface area contributed by atoms with Crippen molar-refractivity contribution in [3.8, 4) is 5.75 Å². The number of benzene rings is 1. The van der Waals surface area contributed by atoms with Gasteiger partial charge in [-0.25, -0.2) is 9.18 Å². The molecule has 2 aliphatic heterocycles. The fourth-order valence-corrected chi connectivity index (χ4v) is 3.68. The molecular weight excluding hydrogens is 443 g/mol. The SMILES string of the molecule is Cl.O=C(CN1C(=O)C2CN(CCOc3ccc(F)cc3)CCN2C1=O)NCc1ccco1. The highest BCUT2D eigenvalue weighted by Gasteiger charge is 2.47. The minimum Gasteiger partial charge on any atom is -0.492 e. The Morgan fingerprint density at radius 1 is 1.19 bits per heavy atom. The van der Waals surface area contributed by atoms with Gasteiger partial charge in [0.15, 0.2) is 0 Å². The van der Waals surface area contributed by atoms with Crippen LogP contribution in [0.15, 0.2) is 47.1 Å². The molecule has 1 N–H and O–H groups in total. The van der Waals surface area contributed by atoms with Crippen molar-refractivity contribution in [2.45, 2.75) is 12.6 Å². The quantitative estimate of drug-likeness (QED) is 0.592. The number of hydrogen-bond donors (Lipinski definition) is 1. The molecule has 2 aromatic rings. The van der Waals surface area contributed by atoms with E-state index in [0.717, 1.165) is 4.90 Å². The zero-order valence-corrected chi connectivity index (χ0v) is 18.1. The second kappa shape index (κ2) is 10.5. The molecule has 2 aliphatic rings. The highest BCUT2D eigenvalue weighted by atomic mass is 35.5. The Balaban J connectivity index is 0.00000289. The van der Waals surface area contributed by atoms with Crippen LogP contribution in [0.1, 0.15) is 5.76 Å². The second-order valence-electron chi connectivity index (χ2n) is 7.38. The van der Waals surface area contributed by atoms with E-state index in [4.69, 9.17) is 9.15 Å². The molecular formula is C21H24ClFN4O5. The van der Waals surface area contributed by atoms with Crippen molar-refractivity contribution in [1.82, 2.24) is 20.0 Å². The van der Waals surface area contributed by atoms with E-state index in [0.29, 0.717) is 44.3 Å². The summed E-state index contributed by atoms with van der Waals surface area (Å²) in [6.07, 6.45) is 1.50. The lowest BCUT2D eigenvalue weighted by Gasteiger charge is -2.35. The summed E-state index contributed by atoms with van der Waals surface area (Å²) >= 11 is 0. The first kappa shape index (κ1) is 23.6. The van der Waals surface area contributed by atoms with Gasteiger partial charge in [-0.2, -0.15) is 0 Å². The van der Waals surface area contributed by atoms with E-state index >= 15 is 0 Å². The van der Waals surface area contributed by atoms with E-state index < -0.39 is 18.0 Å². The molecule has 1 aromatic heterocycles. The average Bonchev–Trinajstić information content (AvgIpc) is 3.37. The minimum absolute atomic E-state index is 0. The van der Waals surface area contributed by atoms with Crippen LogP contribution in [0.3, 0.4) is 0 Å². The number of furan rings is 1. The number of piperazine rings is 1. The molecule has 0 aliphatic carbocycles. The van der Waals surface area contributed by atoms with Gasteiger partial charge in [0.25, 0.3) is 5.91 Å². The van der Waals surface area contributed by atoms with Crippen molar-refractivity contribution in [2.24, 2.45) is 0 Å². The first-order valence-corrected chi connectivity index (χ1v) is 10.0. The number of rotatable bonds is 8. The van der Waals surface area contributed by atoms with Crippen LogP contribution in [-0.4, -0.2) is 77.9 Å². The van der Waals surface area contributed by atoms with Gasteiger partial charge in [0, 0.05) is 26.2 Å². The number of nitrogens with one attached hydrogen (secondary N) is 1. The molecule has 4 amide bonds. The maximum Gasteiger partial charge on any atom is 0.328 e. The van der Waals surface area contributed by atoms with Gasteiger partial charge in [-0.05, 0) is 36.4 Å². The number of halogens is 2. The zero-order valence-electron chi connectivity index (χ0n) is 17.2. The highest BCUT2D eigenvalue weighted by molar-refractivity contribution is 6.06. The maximum atomic E-state index is 12.9. The molecule has 9 nitrogen and oxygen atoms in total. The Kier molecular flexibility index (Phi) is 7.70. The fraction of sp³-hybridized carbons (Fsp3) is 0.381. The number of fused-ring (bicyclic) bond motifs is 1. The lowest BCUT2D eigenvalue weighted by atomic mass is 10.2. The molecule has 2 saturated heterocycles. The third-order valence-electron chi connectivity index (χ3n) is 5.32. The molecule has 1 unspecified atom stereocenters. The topological polar surface area (TPSA) is 95.3 Å². The molecule has 1 atom stereocenters. The van der Waals surface area contributed by atoms with Crippen LogP contribution in [0.5, 0.6) is 5.75 Å². The van der Waals surface area contributed by atoms with E-state index in [2.05, 4.69) is 5.32 Å². The fourth-order valence-electron chi connectivity index (χ4n) is 3.68. The Morgan fingerprint density at radius 3 is 2.69 bits per heavy atom. The van der Waals surface area contributed by atoms with Gasteiger partial charge < -0.3 is 19.4 Å². The van der Waals surface area contributed by atoms with E-state index in [1.54, 1.807) is 24.3 Å². The molecule has 0 spiro atoms. The number of ether oxygens (including phenoxy) is 1. The first-order chi connectivity index (χ1) is 15.0. The summed E-state index contributed by atoms with van der Waals surface area (Å²) in [6, 6.07) is 8.16. The molecule has 0 saturated carbocycles. The van der Waals surface area contributed by atoms with Crippen molar-refractivity contribution in [3.05, 3.63) is 54.2 Å². The number of carbonyl (C=O) groups excluding carboxylic acids is 3. The Bertz CT molecular complexity index is 940. The smallest absolute Gasteiger partial charge is 0.328 e. The van der Waals surface area contributed by atoms with Crippen LogP contribution in [0.25, 0.3) is 0 Å². The van der Waals surface area contributed by atoms with Crippen LogP contribution in [-0.2, 0) is 16.1 Å². The van der Waals surface area contributed by atoms with Gasteiger partial charge in [-0.15, -0.1) is 12.4 Å².